The molecule has 142 valence electrons. The summed E-state index contributed by atoms with van der Waals surface area (Å²) in [5, 5.41) is 0.347. The molecule has 3 rings (SSSR count). The average molecular weight is 380 g/mol. The monoisotopic (exact) mass is 379 g/mol. The zero-order chi connectivity index (χ0) is 18.7. The number of hydrogen-bond acceptors (Lipinski definition) is 4. The van der Waals surface area contributed by atoms with Crippen LogP contribution < -0.4 is 10.5 Å². The van der Waals surface area contributed by atoms with E-state index < -0.39 is 0 Å². The van der Waals surface area contributed by atoms with Crippen LogP contribution >= 0.6 is 11.6 Å². The van der Waals surface area contributed by atoms with Crippen LogP contribution in [0.1, 0.15) is 42.5 Å². The first-order chi connectivity index (χ1) is 12.5. The van der Waals surface area contributed by atoms with E-state index in [1.807, 2.05) is 4.90 Å². The maximum atomic E-state index is 12.9. The lowest BCUT2D eigenvalue weighted by atomic mass is 9.92. The Kier molecular flexibility index (Phi) is 5.91. The highest BCUT2D eigenvalue weighted by molar-refractivity contribution is 6.33. The van der Waals surface area contributed by atoms with Crippen LogP contribution in [0.2, 0.25) is 5.02 Å². The van der Waals surface area contributed by atoms with Gasteiger partial charge in [-0.05, 0) is 37.7 Å². The molecule has 0 unspecified atom stereocenters. The second-order valence-corrected chi connectivity index (χ2v) is 7.51. The van der Waals surface area contributed by atoms with Crippen molar-refractivity contribution < 1.29 is 14.3 Å². The summed E-state index contributed by atoms with van der Waals surface area (Å²) in [6, 6.07) is 3.15. The normalized spacial score (nSPS) is 18.2. The molecule has 0 spiro atoms. The van der Waals surface area contributed by atoms with E-state index in [9.17, 15) is 9.59 Å². The van der Waals surface area contributed by atoms with E-state index in [-0.39, 0.29) is 11.8 Å². The SMILES string of the molecule is COc1cc(N)c(Cl)cc1C(=O)N1CCC(CC(=O)N2CCCC2)CC1. The van der Waals surface area contributed by atoms with Crippen molar-refractivity contribution in [2.24, 2.45) is 5.92 Å². The first kappa shape index (κ1) is 18.8. The maximum absolute atomic E-state index is 12.9. The third kappa shape index (κ3) is 4.06. The van der Waals surface area contributed by atoms with Gasteiger partial charge in [-0.2, -0.15) is 0 Å². The predicted molar refractivity (Wildman–Crippen MR) is 101 cm³/mol. The van der Waals surface area contributed by atoms with Gasteiger partial charge in [0.25, 0.3) is 5.91 Å². The average Bonchev–Trinajstić information content (AvgIpc) is 3.18. The van der Waals surface area contributed by atoms with Gasteiger partial charge in [0.05, 0.1) is 23.4 Å². The number of benzene rings is 1. The standard InChI is InChI=1S/C19H26ClN3O3/c1-26-17-12-16(21)15(20)11-14(17)19(25)23-8-4-13(5-9-23)10-18(24)22-6-2-3-7-22/h11-13H,2-10,21H2,1H3. The van der Waals surface area contributed by atoms with Gasteiger partial charge in [0, 0.05) is 38.7 Å². The molecule has 2 fully saturated rings. The predicted octanol–water partition coefficient (Wildman–Crippen LogP) is 2.80. The number of nitrogens with two attached hydrogens (primary N) is 1. The lowest BCUT2D eigenvalue weighted by Gasteiger charge is -2.32. The molecule has 2 aliphatic heterocycles. The Morgan fingerprint density at radius 1 is 1.15 bits per heavy atom. The molecule has 2 amide bonds. The van der Waals surface area contributed by atoms with Crippen LogP contribution in [0.15, 0.2) is 12.1 Å². The fraction of sp³-hybridized carbons (Fsp3) is 0.579. The fourth-order valence-electron chi connectivity index (χ4n) is 3.76. The van der Waals surface area contributed by atoms with E-state index in [2.05, 4.69) is 0 Å². The van der Waals surface area contributed by atoms with Crippen molar-refractivity contribution in [2.45, 2.75) is 32.1 Å². The number of nitrogens with zero attached hydrogens (tertiary/aromatic N) is 2. The zero-order valence-electron chi connectivity index (χ0n) is 15.2. The summed E-state index contributed by atoms with van der Waals surface area (Å²) in [6.45, 7) is 3.07. The lowest BCUT2D eigenvalue weighted by molar-refractivity contribution is -0.131. The number of carbonyl (C=O) groups excluding carboxylic acids is 2. The summed E-state index contributed by atoms with van der Waals surface area (Å²) in [4.78, 5) is 28.9. The van der Waals surface area contributed by atoms with E-state index in [1.54, 1.807) is 17.0 Å². The summed E-state index contributed by atoms with van der Waals surface area (Å²) >= 11 is 6.07. The Balaban J connectivity index is 1.58. The van der Waals surface area contributed by atoms with Crippen molar-refractivity contribution in [2.75, 3.05) is 39.0 Å². The van der Waals surface area contributed by atoms with Gasteiger partial charge in [-0.1, -0.05) is 11.6 Å². The molecule has 0 atom stereocenters. The molecule has 7 heteroatoms. The van der Waals surface area contributed by atoms with Crippen molar-refractivity contribution in [3.8, 4) is 5.75 Å². The van der Waals surface area contributed by atoms with Crippen LogP contribution in [0.4, 0.5) is 5.69 Å². The number of anilines is 1. The number of carbonyl (C=O) groups is 2. The summed E-state index contributed by atoms with van der Waals surface area (Å²) in [6.07, 6.45) is 4.51. The number of amides is 2. The maximum Gasteiger partial charge on any atom is 0.257 e. The topological polar surface area (TPSA) is 75.9 Å². The molecule has 26 heavy (non-hydrogen) atoms. The molecule has 0 saturated carbocycles. The first-order valence-corrected chi connectivity index (χ1v) is 9.57. The van der Waals surface area contributed by atoms with Gasteiger partial charge in [0.1, 0.15) is 5.75 Å². The fourth-order valence-corrected chi connectivity index (χ4v) is 3.92. The van der Waals surface area contributed by atoms with Gasteiger partial charge in [0.15, 0.2) is 0 Å². The summed E-state index contributed by atoms with van der Waals surface area (Å²) < 4.78 is 5.29. The molecule has 0 aliphatic carbocycles. The number of hydrogen-bond donors (Lipinski definition) is 1. The van der Waals surface area contributed by atoms with Gasteiger partial charge in [-0.15, -0.1) is 0 Å². The van der Waals surface area contributed by atoms with Gasteiger partial charge in [-0.3, -0.25) is 9.59 Å². The number of piperidine rings is 1. The van der Waals surface area contributed by atoms with Crippen LogP contribution in [0.25, 0.3) is 0 Å². The van der Waals surface area contributed by atoms with Crippen LogP contribution in [0.5, 0.6) is 5.75 Å². The van der Waals surface area contributed by atoms with Crippen molar-refractivity contribution >= 4 is 29.1 Å². The molecule has 2 saturated heterocycles. The molecule has 0 bridgehead atoms. The molecule has 2 N–H and O–H groups in total. The van der Waals surface area contributed by atoms with Crippen LogP contribution in [0.3, 0.4) is 0 Å². The highest BCUT2D eigenvalue weighted by Gasteiger charge is 2.28. The Morgan fingerprint density at radius 2 is 1.81 bits per heavy atom. The molecule has 2 heterocycles. The van der Waals surface area contributed by atoms with Crippen LogP contribution in [-0.2, 0) is 4.79 Å². The van der Waals surface area contributed by atoms with Gasteiger partial charge in [0.2, 0.25) is 5.91 Å². The molecule has 0 radical (unpaired) electrons. The summed E-state index contributed by atoms with van der Waals surface area (Å²) in [7, 11) is 1.51. The third-order valence-electron chi connectivity index (χ3n) is 5.37. The first-order valence-electron chi connectivity index (χ1n) is 9.19. The van der Waals surface area contributed by atoms with E-state index in [0.29, 0.717) is 47.5 Å². The van der Waals surface area contributed by atoms with E-state index >= 15 is 0 Å². The van der Waals surface area contributed by atoms with E-state index in [4.69, 9.17) is 22.1 Å². The largest absolute Gasteiger partial charge is 0.496 e. The van der Waals surface area contributed by atoms with Gasteiger partial charge >= 0.3 is 0 Å². The van der Waals surface area contributed by atoms with Crippen molar-refractivity contribution in [3.63, 3.8) is 0 Å². The van der Waals surface area contributed by atoms with E-state index in [1.165, 1.54) is 7.11 Å². The second kappa shape index (κ2) is 8.16. The second-order valence-electron chi connectivity index (χ2n) is 7.10. The number of nitrogen functional groups attached to an aromatic ring is 1. The highest BCUT2D eigenvalue weighted by atomic mass is 35.5. The Morgan fingerprint density at radius 3 is 2.42 bits per heavy atom. The Bertz CT molecular complexity index is 681. The summed E-state index contributed by atoms with van der Waals surface area (Å²) in [5.74, 6) is 0.944. The van der Waals surface area contributed by atoms with Crippen LogP contribution in [0, 0.1) is 5.92 Å². The van der Waals surface area contributed by atoms with Crippen molar-refractivity contribution in [3.05, 3.63) is 22.7 Å². The van der Waals surface area contributed by atoms with Gasteiger partial charge < -0.3 is 20.3 Å². The number of ether oxygens (including phenoxy) is 1. The minimum Gasteiger partial charge on any atom is -0.496 e. The van der Waals surface area contributed by atoms with Crippen molar-refractivity contribution in [1.82, 2.24) is 9.80 Å². The third-order valence-corrected chi connectivity index (χ3v) is 5.70. The Labute approximate surface area is 159 Å². The molecular formula is C19H26ClN3O3. The molecular weight excluding hydrogens is 354 g/mol. The molecule has 6 nitrogen and oxygen atoms in total. The van der Waals surface area contributed by atoms with E-state index in [0.717, 1.165) is 38.8 Å². The number of halogens is 1. The lowest BCUT2D eigenvalue weighted by Crippen LogP contribution is -2.40. The molecule has 2 aliphatic rings. The Hall–Kier alpha value is -1.95. The molecule has 1 aromatic rings. The van der Waals surface area contributed by atoms with Gasteiger partial charge in [-0.25, -0.2) is 0 Å². The minimum absolute atomic E-state index is 0.104. The summed E-state index contributed by atoms with van der Waals surface area (Å²) in [5.41, 5.74) is 6.60. The number of rotatable bonds is 4. The molecule has 0 aromatic heterocycles. The highest BCUT2D eigenvalue weighted by Crippen LogP contribution is 2.31. The van der Waals surface area contributed by atoms with Crippen molar-refractivity contribution in [1.29, 1.82) is 0 Å². The number of likely N-dealkylation sites (tertiary alicyclic amines) is 2. The number of methoxy groups -OCH3 is 1. The van der Waals surface area contributed by atoms with Crippen LogP contribution in [-0.4, -0.2) is 54.9 Å². The smallest absolute Gasteiger partial charge is 0.257 e. The zero-order valence-corrected chi connectivity index (χ0v) is 15.9. The molecule has 1 aromatic carbocycles. The quantitative estimate of drug-likeness (QED) is 0.816. The minimum atomic E-state index is -0.104.